The van der Waals surface area contributed by atoms with Gasteiger partial charge in [-0.1, -0.05) is 31.8 Å². The lowest BCUT2D eigenvalue weighted by molar-refractivity contribution is -0.0269. The Hall–Kier alpha value is -0.940. The highest BCUT2D eigenvalue weighted by atomic mass is 16.5. The molecule has 0 unspecified atom stereocenters. The van der Waals surface area contributed by atoms with Gasteiger partial charge in [0.25, 0.3) is 0 Å². The van der Waals surface area contributed by atoms with Gasteiger partial charge in [-0.3, -0.25) is 4.90 Å². The van der Waals surface area contributed by atoms with Crippen LogP contribution in [0.2, 0.25) is 0 Å². The molecule has 5 nitrogen and oxygen atoms in total. The molecular formula is C13H23N3O2. The van der Waals surface area contributed by atoms with E-state index in [1.807, 2.05) is 6.92 Å². The molecule has 0 radical (unpaired) electrons. The number of ether oxygens (including phenoxy) is 1. The summed E-state index contributed by atoms with van der Waals surface area (Å²) >= 11 is 0. The lowest BCUT2D eigenvalue weighted by Crippen LogP contribution is -2.42. The lowest BCUT2D eigenvalue weighted by Gasteiger charge is -2.35. The number of hydrogen-bond acceptors (Lipinski definition) is 5. The molecule has 1 aromatic heterocycles. The molecule has 1 aliphatic heterocycles. The van der Waals surface area contributed by atoms with Gasteiger partial charge in [0.1, 0.15) is 6.04 Å². The number of nitrogens with zero attached hydrogens (tertiary/aromatic N) is 3. The monoisotopic (exact) mass is 253 g/mol. The van der Waals surface area contributed by atoms with E-state index in [4.69, 9.17) is 9.26 Å². The Kier molecular flexibility index (Phi) is 4.72. The van der Waals surface area contributed by atoms with Crippen LogP contribution < -0.4 is 0 Å². The molecule has 2 heterocycles. The Bertz CT molecular complexity index is 363. The van der Waals surface area contributed by atoms with Crippen LogP contribution in [0.25, 0.3) is 0 Å². The average molecular weight is 253 g/mol. The topological polar surface area (TPSA) is 51.4 Å². The zero-order valence-corrected chi connectivity index (χ0v) is 11.6. The minimum Gasteiger partial charge on any atom is -0.378 e. The molecule has 1 atom stereocenters. The van der Waals surface area contributed by atoms with Crippen molar-refractivity contribution in [3.8, 4) is 0 Å². The second kappa shape index (κ2) is 6.29. The zero-order chi connectivity index (χ0) is 13.0. The van der Waals surface area contributed by atoms with Gasteiger partial charge in [0.2, 0.25) is 5.89 Å². The Morgan fingerprint density at radius 2 is 2.17 bits per heavy atom. The Labute approximate surface area is 108 Å². The van der Waals surface area contributed by atoms with Crippen LogP contribution in [0, 0.1) is 12.8 Å². The van der Waals surface area contributed by atoms with Crippen LogP contribution in [0.15, 0.2) is 4.52 Å². The highest BCUT2D eigenvalue weighted by Gasteiger charge is 2.30. The van der Waals surface area contributed by atoms with E-state index in [-0.39, 0.29) is 6.04 Å². The molecule has 0 spiro atoms. The normalized spacial score (nSPS) is 21.7. The molecule has 18 heavy (non-hydrogen) atoms. The van der Waals surface area contributed by atoms with E-state index in [1.165, 1.54) is 12.8 Å². The zero-order valence-electron chi connectivity index (χ0n) is 11.6. The van der Waals surface area contributed by atoms with Crippen LogP contribution in [-0.2, 0) is 4.74 Å². The van der Waals surface area contributed by atoms with Gasteiger partial charge in [-0.2, -0.15) is 4.98 Å². The molecular weight excluding hydrogens is 230 g/mol. The third-order valence-corrected chi connectivity index (χ3v) is 3.72. The van der Waals surface area contributed by atoms with Gasteiger partial charge < -0.3 is 9.26 Å². The van der Waals surface area contributed by atoms with Gasteiger partial charge in [-0.15, -0.1) is 0 Å². The first-order valence-electron chi connectivity index (χ1n) is 6.86. The summed E-state index contributed by atoms with van der Waals surface area (Å²) in [6, 6.07) is 0.126. The molecule has 1 fully saturated rings. The van der Waals surface area contributed by atoms with E-state index >= 15 is 0 Å². The number of aromatic nitrogens is 2. The minimum absolute atomic E-state index is 0.126. The van der Waals surface area contributed by atoms with Crippen LogP contribution in [0.3, 0.4) is 0 Å². The van der Waals surface area contributed by atoms with Crippen LogP contribution >= 0.6 is 0 Å². The lowest BCUT2D eigenvalue weighted by atomic mass is 10.0. The summed E-state index contributed by atoms with van der Waals surface area (Å²) in [7, 11) is 0. The van der Waals surface area contributed by atoms with Crippen molar-refractivity contribution in [2.75, 3.05) is 26.3 Å². The number of morpholine rings is 1. The minimum atomic E-state index is 0.126. The predicted octanol–water partition coefficient (Wildman–Crippen LogP) is 2.19. The van der Waals surface area contributed by atoms with Crippen LogP contribution in [0.4, 0.5) is 0 Å². The SMILES string of the molecule is CCC(CC)CN1CCOC[C@H]1c1nc(C)no1. The van der Waals surface area contributed by atoms with Gasteiger partial charge >= 0.3 is 0 Å². The second-order valence-electron chi connectivity index (χ2n) is 4.95. The molecule has 0 bridgehead atoms. The molecule has 1 aromatic rings. The van der Waals surface area contributed by atoms with E-state index in [9.17, 15) is 0 Å². The van der Waals surface area contributed by atoms with E-state index in [1.54, 1.807) is 0 Å². The first-order chi connectivity index (χ1) is 8.74. The fourth-order valence-electron chi connectivity index (χ4n) is 2.41. The third-order valence-electron chi connectivity index (χ3n) is 3.72. The van der Waals surface area contributed by atoms with Gasteiger partial charge in [0, 0.05) is 13.1 Å². The van der Waals surface area contributed by atoms with Crippen molar-refractivity contribution in [2.45, 2.75) is 39.7 Å². The highest BCUT2D eigenvalue weighted by Crippen LogP contribution is 2.25. The first kappa shape index (κ1) is 13.5. The molecule has 2 rings (SSSR count). The Morgan fingerprint density at radius 1 is 1.39 bits per heavy atom. The van der Waals surface area contributed by atoms with Crippen molar-refractivity contribution in [3.05, 3.63) is 11.7 Å². The fraction of sp³-hybridized carbons (Fsp3) is 0.846. The van der Waals surface area contributed by atoms with Crippen molar-refractivity contribution in [1.82, 2.24) is 15.0 Å². The van der Waals surface area contributed by atoms with Crippen molar-refractivity contribution >= 4 is 0 Å². The van der Waals surface area contributed by atoms with Crippen LogP contribution in [0.1, 0.15) is 44.4 Å². The van der Waals surface area contributed by atoms with E-state index in [2.05, 4.69) is 28.9 Å². The summed E-state index contributed by atoms with van der Waals surface area (Å²) in [5.41, 5.74) is 0. The maximum absolute atomic E-state index is 5.56. The smallest absolute Gasteiger partial charge is 0.246 e. The van der Waals surface area contributed by atoms with Crippen LogP contribution in [0.5, 0.6) is 0 Å². The average Bonchev–Trinajstić information content (AvgIpc) is 2.83. The Balaban J connectivity index is 2.06. The molecule has 1 saturated heterocycles. The summed E-state index contributed by atoms with van der Waals surface area (Å²) < 4.78 is 10.9. The summed E-state index contributed by atoms with van der Waals surface area (Å²) in [4.78, 5) is 6.77. The predicted molar refractivity (Wildman–Crippen MR) is 68.2 cm³/mol. The molecule has 0 N–H and O–H groups in total. The van der Waals surface area contributed by atoms with Gasteiger partial charge in [0.15, 0.2) is 5.82 Å². The van der Waals surface area contributed by atoms with Gasteiger partial charge in [-0.25, -0.2) is 0 Å². The van der Waals surface area contributed by atoms with Crippen LogP contribution in [-0.4, -0.2) is 41.3 Å². The third kappa shape index (κ3) is 3.09. The molecule has 0 aliphatic carbocycles. The highest BCUT2D eigenvalue weighted by molar-refractivity contribution is 4.94. The second-order valence-corrected chi connectivity index (χ2v) is 4.95. The summed E-state index contributed by atoms with van der Waals surface area (Å²) in [5, 5.41) is 3.88. The van der Waals surface area contributed by atoms with Gasteiger partial charge in [-0.05, 0) is 12.8 Å². The molecule has 0 amide bonds. The largest absolute Gasteiger partial charge is 0.378 e. The quantitative estimate of drug-likeness (QED) is 0.805. The number of aryl methyl sites for hydroxylation is 1. The molecule has 0 aromatic carbocycles. The maximum atomic E-state index is 5.56. The van der Waals surface area contributed by atoms with E-state index in [0.717, 1.165) is 25.6 Å². The molecule has 102 valence electrons. The standard InChI is InChI=1S/C13H23N3O2/c1-4-11(5-2)8-16-6-7-17-9-12(16)13-14-10(3)15-18-13/h11-12H,4-9H2,1-3H3/t12-/m0/s1. The summed E-state index contributed by atoms with van der Waals surface area (Å²) in [6.45, 7) is 9.83. The van der Waals surface area contributed by atoms with Gasteiger partial charge in [0.05, 0.1) is 13.2 Å². The van der Waals surface area contributed by atoms with Crippen molar-refractivity contribution < 1.29 is 9.26 Å². The van der Waals surface area contributed by atoms with Crippen molar-refractivity contribution in [2.24, 2.45) is 5.92 Å². The van der Waals surface area contributed by atoms with Crippen molar-refractivity contribution in [1.29, 1.82) is 0 Å². The number of hydrogen-bond donors (Lipinski definition) is 0. The number of rotatable bonds is 5. The Morgan fingerprint density at radius 3 is 2.78 bits per heavy atom. The van der Waals surface area contributed by atoms with E-state index < -0.39 is 0 Å². The molecule has 1 aliphatic rings. The van der Waals surface area contributed by atoms with Crippen molar-refractivity contribution in [3.63, 3.8) is 0 Å². The van der Waals surface area contributed by atoms with E-state index in [0.29, 0.717) is 18.3 Å². The maximum Gasteiger partial charge on any atom is 0.246 e. The summed E-state index contributed by atoms with van der Waals surface area (Å²) in [5.74, 6) is 2.12. The molecule has 0 saturated carbocycles. The first-order valence-corrected chi connectivity index (χ1v) is 6.86. The molecule has 5 heteroatoms. The summed E-state index contributed by atoms with van der Waals surface area (Å²) in [6.07, 6.45) is 2.42. The fourth-order valence-corrected chi connectivity index (χ4v) is 2.41.